The Morgan fingerprint density at radius 3 is 2.40 bits per heavy atom. The SMILES string of the molecule is CC(C)(C)c1cc(NC(=O)CSc2ccc(C(F)(F)F)cn2)n(-c2ncccn2)n1. The third kappa shape index (κ3) is 5.35. The topological polar surface area (TPSA) is 85.6 Å². The summed E-state index contributed by atoms with van der Waals surface area (Å²) in [5.41, 5.74) is -0.363. The first-order valence-electron chi connectivity index (χ1n) is 8.88. The van der Waals surface area contributed by atoms with Gasteiger partial charge in [0.25, 0.3) is 5.95 Å². The van der Waals surface area contributed by atoms with Gasteiger partial charge in [-0.15, -0.1) is 0 Å². The molecule has 0 bridgehead atoms. The van der Waals surface area contributed by atoms with E-state index in [1.54, 1.807) is 24.5 Å². The minimum atomic E-state index is -4.45. The van der Waals surface area contributed by atoms with Crippen molar-refractivity contribution < 1.29 is 18.0 Å². The fourth-order valence-corrected chi connectivity index (χ4v) is 2.98. The van der Waals surface area contributed by atoms with Crippen molar-refractivity contribution >= 4 is 23.5 Å². The van der Waals surface area contributed by atoms with Gasteiger partial charge in [-0.2, -0.15) is 23.0 Å². The molecular formula is C19H19F3N6OS. The predicted octanol–water partition coefficient (Wildman–Crippen LogP) is 4.10. The van der Waals surface area contributed by atoms with Crippen molar-refractivity contribution in [3.05, 3.63) is 54.1 Å². The molecule has 0 atom stereocenters. The number of halogens is 3. The summed E-state index contributed by atoms with van der Waals surface area (Å²) < 4.78 is 39.3. The largest absolute Gasteiger partial charge is 0.417 e. The normalized spacial score (nSPS) is 12.1. The highest BCUT2D eigenvalue weighted by Gasteiger charge is 2.30. The van der Waals surface area contributed by atoms with Crippen LogP contribution >= 0.6 is 11.8 Å². The first-order valence-corrected chi connectivity index (χ1v) is 9.86. The van der Waals surface area contributed by atoms with E-state index in [2.05, 4.69) is 25.4 Å². The van der Waals surface area contributed by atoms with E-state index in [-0.39, 0.29) is 17.1 Å². The van der Waals surface area contributed by atoms with Crippen LogP contribution in [0.3, 0.4) is 0 Å². The molecule has 0 aromatic carbocycles. The molecule has 3 aromatic rings. The summed E-state index contributed by atoms with van der Waals surface area (Å²) in [6, 6.07) is 5.59. The summed E-state index contributed by atoms with van der Waals surface area (Å²) >= 11 is 1.03. The molecule has 11 heteroatoms. The van der Waals surface area contributed by atoms with Crippen molar-refractivity contribution in [1.29, 1.82) is 0 Å². The molecule has 0 aliphatic carbocycles. The molecule has 0 spiro atoms. The molecule has 0 unspecified atom stereocenters. The van der Waals surface area contributed by atoms with E-state index in [4.69, 9.17) is 0 Å². The second kappa shape index (κ2) is 8.42. The molecule has 30 heavy (non-hydrogen) atoms. The van der Waals surface area contributed by atoms with Crippen LogP contribution in [0, 0.1) is 0 Å². The maximum Gasteiger partial charge on any atom is 0.417 e. The van der Waals surface area contributed by atoms with Gasteiger partial charge in [-0.05, 0) is 18.2 Å². The summed E-state index contributed by atoms with van der Waals surface area (Å²) in [6.07, 6.45) is -0.565. The molecule has 0 saturated heterocycles. The average molecular weight is 436 g/mol. The lowest BCUT2D eigenvalue weighted by molar-refractivity contribution is -0.137. The number of hydrogen-bond donors (Lipinski definition) is 1. The van der Waals surface area contributed by atoms with Crippen LogP contribution in [0.15, 0.2) is 47.9 Å². The van der Waals surface area contributed by atoms with Gasteiger partial charge in [0.05, 0.1) is 22.0 Å². The highest BCUT2D eigenvalue weighted by atomic mass is 32.2. The Kier molecular flexibility index (Phi) is 6.11. The molecule has 3 rings (SSSR count). The maximum atomic E-state index is 12.6. The number of thioether (sulfide) groups is 1. The summed E-state index contributed by atoms with van der Waals surface area (Å²) in [5, 5.41) is 7.58. The molecular weight excluding hydrogens is 417 g/mol. The number of nitrogens with one attached hydrogen (secondary N) is 1. The first kappa shape index (κ1) is 21.8. The predicted molar refractivity (Wildman–Crippen MR) is 106 cm³/mol. The van der Waals surface area contributed by atoms with E-state index in [1.807, 2.05) is 20.8 Å². The van der Waals surface area contributed by atoms with Crippen LogP contribution in [0.25, 0.3) is 5.95 Å². The molecule has 3 aromatic heterocycles. The second-order valence-corrected chi connectivity index (χ2v) is 8.34. The number of alkyl halides is 3. The average Bonchev–Trinajstić information content (AvgIpc) is 3.11. The van der Waals surface area contributed by atoms with E-state index in [0.29, 0.717) is 16.8 Å². The van der Waals surface area contributed by atoms with Gasteiger partial charge in [0.15, 0.2) is 0 Å². The number of hydrogen-bond acceptors (Lipinski definition) is 6. The van der Waals surface area contributed by atoms with E-state index in [9.17, 15) is 18.0 Å². The van der Waals surface area contributed by atoms with Gasteiger partial charge in [-0.1, -0.05) is 32.5 Å². The lowest BCUT2D eigenvalue weighted by Crippen LogP contribution is -2.18. The van der Waals surface area contributed by atoms with Gasteiger partial charge in [0, 0.05) is 30.1 Å². The van der Waals surface area contributed by atoms with E-state index in [0.717, 1.165) is 29.7 Å². The number of carbonyl (C=O) groups excluding carboxylic acids is 1. The highest BCUT2D eigenvalue weighted by molar-refractivity contribution is 7.99. The zero-order valence-electron chi connectivity index (χ0n) is 16.4. The van der Waals surface area contributed by atoms with Gasteiger partial charge < -0.3 is 5.32 Å². The van der Waals surface area contributed by atoms with E-state index >= 15 is 0 Å². The monoisotopic (exact) mass is 436 g/mol. The minimum absolute atomic E-state index is 0.0377. The first-order chi connectivity index (χ1) is 14.0. The van der Waals surface area contributed by atoms with Crippen LogP contribution in [-0.4, -0.2) is 36.4 Å². The second-order valence-electron chi connectivity index (χ2n) is 7.35. The molecule has 1 N–H and O–H groups in total. The maximum absolute atomic E-state index is 12.6. The Labute approximate surface area is 175 Å². The number of nitrogens with zero attached hydrogens (tertiary/aromatic N) is 5. The third-order valence-electron chi connectivity index (χ3n) is 3.90. The molecule has 0 aliphatic heterocycles. The molecule has 0 saturated carbocycles. The number of pyridine rings is 1. The van der Waals surface area contributed by atoms with Crippen LogP contribution in [-0.2, 0) is 16.4 Å². The fraction of sp³-hybridized carbons (Fsp3) is 0.316. The lowest BCUT2D eigenvalue weighted by Gasteiger charge is -2.13. The minimum Gasteiger partial charge on any atom is -0.310 e. The third-order valence-corrected chi connectivity index (χ3v) is 4.85. The molecule has 3 heterocycles. The van der Waals surface area contributed by atoms with Crippen molar-refractivity contribution in [2.45, 2.75) is 37.4 Å². The van der Waals surface area contributed by atoms with Gasteiger partial charge in [0.2, 0.25) is 5.91 Å². The van der Waals surface area contributed by atoms with E-state index in [1.165, 1.54) is 10.7 Å². The van der Waals surface area contributed by atoms with Crippen molar-refractivity contribution in [2.75, 3.05) is 11.1 Å². The van der Waals surface area contributed by atoms with Gasteiger partial charge in [-0.25, -0.2) is 15.0 Å². The molecule has 7 nitrogen and oxygen atoms in total. The highest BCUT2D eigenvalue weighted by Crippen LogP contribution is 2.30. The molecule has 1 amide bonds. The Morgan fingerprint density at radius 2 is 1.83 bits per heavy atom. The van der Waals surface area contributed by atoms with Crippen molar-refractivity contribution in [3.8, 4) is 5.95 Å². The van der Waals surface area contributed by atoms with Crippen LogP contribution in [0.5, 0.6) is 0 Å². The Hall–Kier alpha value is -2.95. The van der Waals surface area contributed by atoms with Gasteiger partial charge in [-0.3, -0.25) is 4.79 Å². The van der Waals surface area contributed by atoms with Crippen molar-refractivity contribution in [1.82, 2.24) is 24.7 Å². The fourth-order valence-electron chi connectivity index (χ4n) is 2.34. The summed E-state index contributed by atoms with van der Waals surface area (Å²) in [5.74, 6) is 0.307. The lowest BCUT2D eigenvalue weighted by atomic mass is 9.92. The van der Waals surface area contributed by atoms with Crippen LogP contribution in [0.1, 0.15) is 32.0 Å². The van der Waals surface area contributed by atoms with Gasteiger partial charge in [0.1, 0.15) is 5.82 Å². The Bertz CT molecular complexity index is 1010. The number of carbonyl (C=O) groups is 1. The molecule has 0 fully saturated rings. The van der Waals surface area contributed by atoms with Crippen LogP contribution in [0.2, 0.25) is 0 Å². The smallest absolute Gasteiger partial charge is 0.310 e. The van der Waals surface area contributed by atoms with E-state index < -0.39 is 11.7 Å². The molecule has 158 valence electrons. The zero-order valence-corrected chi connectivity index (χ0v) is 17.3. The van der Waals surface area contributed by atoms with Crippen LogP contribution < -0.4 is 5.32 Å². The number of aromatic nitrogens is 5. The summed E-state index contributed by atoms with van der Waals surface area (Å²) in [4.78, 5) is 24.5. The zero-order chi connectivity index (χ0) is 21.9. The molecule has 0 aliphatic rings. The summed E-state index contributed by atoms with van der Waals surface area (Å²) in [7, 11) is 0. The van der Waals surface area contributed by atoms with Crippen LogP contribution in [0.4, 0.5) is 19.0 Å². The number of anilines is 1. The standard InChI is InChI=1S/C19H19F3N6OS/c1-18(2,3)13-9-14(28(27-13)17-23-7-4-8-24-17)26-15(29)11-30-16-6-5-12(10-25-16)19(20,21)22/h4-10H,11H2,1-3H3,(H,26,29). The quantitative estimate of drug-likeness (QED) is 0.606. The molecule has 0 radical (unpaired) electrons. The number of amides is 1. The van der Waals surface area contributed by atoms with Crippen molar-refractivity contribution in [2.24, 2.45) is 0 Å². The van der Waals surface area contributed by atoms with Gasteiger partial charge >= 0.3 is 6.18 Å². The number of rotatable bonds is 5. The Morgan fingerprint density at radius 1 is 1.13 bits per heavy atom. The van der Waals surface area contributed by atoms with Crippen molar-refractivity contribution in [3.63, 3.8) is 0 Å². The Balaban J connectivity index is 1.72. The summed E-state index contributed by atoms with van der Waals surface area (Å²) in [6.45, 7) is 5.97.